The highest BCUT2D eigenvalue weighted by Crippen LogP contribution is 2.27. The van der Waals surface area contributed by atoms with Crippen molar-refractivity contribution in [3.8, 4) is 5.69 Å². The molecule has 0 spiro atoms. The van der Waals surface area contributed by atoms with Crippen molar-refractivity contribution in [2.24, 2.45) is 0 Å². The van der Waals surface area contributed by atoms with Crippen LogP contribution < -0.4 is 5.73 Å². The van der Waals surface area contributed by atoms with Gasteiger partial charge in [0.1, 0.15) is 0 Å². The van der Waals surface area contributed by atoms with E-state index >= 15 is 0 Å². The van der Waals surface area contributed by atoms with Crippen LogP contribution in [0.1, 0.15) is 23.9 Å². The van der Waals surface area contributed by atoms with Crippen molar-refractivity contribution < 1.29 is 0 Å². The third kappa shape index (κ3) is 1.76. The van der Waals surface area contributed by atoms with Gasteiger partial charge in [-0.05, 0) is 50.1 Å². The van der Waals surface area contributed by atoms with Gasteiger partial charge in [0.2, 0.25) is 0 Å². The fourth-order valence-electron chi connectivity index (χ4n) is 2.77. The predicted octanol–water partition coefficient (Wildman–Crippen LogP) is 3.18. The molecule has 0 unspecified atom stereocenters. The molecular formula is C16H18N4. The van der Waals surface area contributed by atoms with Crippen LogP contribution in [0, 0.1) is 13.8 Å². The highest BCUT2D eigenvalue weighted by molar-refractivity contribution is 5.95. The summed E-state index contributed by atoms with van der Waals surface area (Å²) in [5, 5.41) is 5.64. The second kappa shape index (κ2) is 4.63. The van der Waals surface area contributed by atoms with Crippen molar-refractivity contribution in [2.75, 3.05) is 5.73 Å². The standard InChI is InChI=1S/C16H18N4/c1-4-12-10(2)19-20(11(12)3)15-8-7-14(17)13-6-5-9-18-16(13)15/h5-9H,4,17H2,1-3H3. The first kappa shape index (κ1) is 12.7. The highest BCUT2D eigenvalue weighted by Gasteiger charge is 2.14. The Morgan fingerprint density at radius 3 is 2.70 bits per heavy atom. The van der Waals surface area contributed by atoms with E-state index in [1.807, 2.05) is 28.9 Å². The monoisotopic (exact) mass is 266 g/mol. The van der Waals surface area contributed by atoms with E-state index in [1.54, 1.807) is 6.20 Å². The van der Waals surface area contributed by atoms with Crippen molar-refractivity contribution in [2.45, 2.75) is 27.2 Å². The van der Waals surface area contributed by atoms with Crippen LogP contribution in [0.2, 0.25) is 0 Å². The van der Waals surface area contributed by atoms with E-state index < -0.39 is 0 Å². The average Bonchev–Trinajstić information content (AvgIpc) is 2.74. The van der Waals surface area contributed by atoms with E-state index in [4.69, 9.17) is 5.73 Å². The molecule has 4 nitrogen and oxygen atoms in total. The van der Waals surface area contributed by atoms with Crippen LogP contribution in [0.4, 0.5) is 5.69 Å². The number of aryl methyl sites for hydroxylation is 1. The molecule has 0 amide bonds. The first-order chi connectivity index (χ1) is 9.63. The Morgan fingerprint density at radius 2 is 2.00 bits per heavy atom. The molecule has 0 aliphatic rings. The van der Waals surface area contributed by atoms with Gasteiger partial charge in [0, 0.05) is 23.0 Å². The minimum Gasteiger partial charge on any atom is -0.398 e. The zero-order valence-corrected chi connectivity index (χ0v) is 12.0. The molecule has 0 aliphatic carbocycles. The van der Waals surface area contributed by atoms with Crippen molar-refractivity contribution in [1.29, 1.82) is 0 Å². The molecule has 0 radical (unpaired) electrons. The molecule has 4 heteroatoms. The smallest absolute Gasteiger partial charge is 0.0979 e. The summed E-state index contributed by atoms with van der Waals surface area (Å²) < 4.78 is 1.98. The lowest BCUT2D eigenvalue weighted by Gasteiger charge is -2.10. The van der Waals surface area contributed by atoms with Crippen molar-refractivity contribution >= 4 is 16.6 Å². The number of benzene rings is 1. The molecule has 0 fully saturated rings. The molecule has 1 aromatic carbocycles. The van der Waals surface area contributed by atoms with E-state index in [2.05, 4.69) is 30.9 Å². The SMILES string of the molecule is CCc1c(C)nn(-c2ccc(N)c3cccnc23)c1C. The third-order valence-electron chi connectivity index (χ3n) is 3.81. The van der Waals surface area contributed by atoms with Gasteiger partial charge in [0.05, 0.1) is 16.9 Å². The molecule has 0 atom stereocenters. The van der Waals surface area contributed by atoms with Gasteiger partial charge in [0.25, 0.3) is 0 Å². The lowest BCUT2D eigenvalue weighted by atomic mass is 10.1. The van der Waals surface area contributed by atoms with Crippen LogP contribution in [0.3, 0.4) is 0 Å². The maximum absolute atomic E-state index is 6.03. The van der Waals surface area contributed by atoms with Gasteiger partial charge in [-0.15, -0.1) is 0 Å². The first-order valence-corrected chi connectivity index (χ1v) is 6.82. The number of rotatable bonds is 2. The van der Waals surface area contributed by atoms with Crippen molar-refractivity contribution in [3.63, 3.8) is 0 Å². The number of nitrogen functional groups attached to an aromatic ring is 1. The van der Waals surface area contributed by atoms with Gasteiger partial charge in [-0.2, -0.15) is 5.10 Å². The minimum absolute atomic E-state index is 0.745. The lowest BCUT2D eigenvalue weighted by molar-refractivity contribution is 0.836. The maximum atomic E-state index is 6.03. The number of fused-ring (bicyclic) bond motifs is 1. The molecule has 3 aromatic rings. The predicted molar refractivity (Wildman–Crippen MR) is 82.1 cm³/mol. The second-order valence-electron chi connectivity index (χ2n) is 4.99. The molecule has 20 heavy (non-hydrogen) atoms. The number of pyridine rings is 1. The fourth-order valence-corrected chi connectivity index (χ4v) is 2.77. The Hall–Kier alpha value is -2.36. The molecule has 3 rings (SSSR count). The van der Waals surface area contributed by atoms with Gasteiger partial charge in [0.15, 0.2) is 0 Å². The van der Waals surface area contributed by atoms with Crippen molar-refractivity contribution in [3.05, 3.63) is 47.4 Å². The van der Waals surface area contributed by atoms with E-state index in [-0.39, 0.29) is 0 Å². The number of hydrogen-bond donors (Lipinski definition) is 1. The molecule has 0 aliphatic heterocycles. The molecule has 0 saturated carbocycles. The number of nitrogens with zero attached hydrogens (tertiary/aromatic N) is 3. The zero-order valence-electron chi connectivity index (χ0n) is 12.0. The van der Waals surface area contributed by atoms with E-state index in [1.165, 1.54) is 11.3 Å². The summed E-state index contributed by atoms with van der Waals surface area (Å²) in [6.07, 6.45) is 2.77. The van der Waals surface area contributed by atoms with E-state index in [0.29, 0.717) is 0 Å². The topological polar surface area (TPSA) is 56.7 Å². The van der Waals surface area contributed by atoms with Crippen LogP contribution in [-0.2, 0) is 6.42 Å². The lowest BCUT2D eigenvalue weighted by Crippen LogP contribution is -2.02. The quantitative estimate of drug-likeness (QED) is 0.725. The Balaban J connectivity index is 2.33. The molecule has 102 valence electrons. The normalized spacial score (nSPS) is 11.2. The third-order valence-corrected chi connectivity index (χ3v) is 3.81. The Morgan fingerprint density at radius 1 is 1.20 bits per heavy atom. The molecule has 2 aromatic heterocycles. The maximum Gasteiger partial charge on any atom is 0.0979 e. The van der Waals surface area contributed by atoms with Gasteiger partial charge in [-0.25, -0.2) is 4.68 Å². The molecule has 0 saturated heterocycles. The number of aromatic nitrogens is 3. The summed E-state index contributed by atoms with van der Waals surface area (Å²) in [5.74, 6) is 0. The van der Waals surface area contributed by atoms with Gasteiger partial charge in [-0.3, -0.25) is 4.98 Å². The largest absolute Gasteiger partial charge is 0.398 e. The fraction of sp³-hybridized carbons (Fsp3) is 0.250. The number of anilines is 1. The summed E-state index contributed by atoms with van der Waals surface area (Å²) in [4.78, 5) is 4.48. The van der Waals surface area contributed by atoms with E-state index in [0.717, 1.165) is 34.4 Å². The molecule has 0 bridgehead atoms. The Bertz CT molecular complexity index is 787. The summed E-state index contributed by atoms with van der Waals surface area (Å²) in [6.45, 7) is 6.31. The molecule has 2 N–H and O–H groups in total. The van der Waals surface area contributed by atoms with Crippen LogP contribution in [0.15, 0.2) is 30.5 Å². The first-order valence-electron chi connectivity index (χ1n) is 6.82. The number of nitrogens with two attached hydrogens (primary N) is 1. The van der Waals surface area contributed by atoms with Crippen LogP contribution in [-0.4, -0.2) is 14.8 Å². The van der Waals surface area contributed by atoms with E-state index in [9.17, 15) is 0 Å². The average molecular weight is 266 g/mol. The van der Waals surface area contributed by atoms with Gasteiger partial charge >= 0.3 is 0 Å². The molecular weight excluding hydrogens is 248 g/mol. The summed E-state index contributed by atoms with van der Waals surface area (Å²) in [5.41, 5.74) is 12.2. The number of hydrogen-bond acceptors (Lipinski definition) is 3. The van der Waals surface area contributed by atoms with Gasteiger partial charge < -0.3 is 5.73 Å². The summed E-state index contributed by atoms with van der Waals surface area (Å²) in [6, 6.07) is 7.81. The minimum atomic E-state index is 0.745. The summed E-state index contributed by atoms with van der Waals surface area (Å²) in [7, 11) is 0. The van der Waals surface area contributed by atoms with Gasteiger partial charge in [-0.1, -0.05) is 6.92 Å². The van der Waals surface area contributed by atoms with Crippen LogP contribution in [0.25, 0.3) is 16.6 Å². The zero-order chi connectivity index (χ0) is 14.3. The Labute approximate surface area is 118 Å². The second-order valence-corrected chi connectivity index (χ2v) is 4.99. The van der Waals surface area contributed by atoms with Crippen LogP contribution >= 0.6 is 0 Å². The summed E-state index contributed by atoms with van der Waals surface area (Å²) >= 11 is 0. The highest BCUT2D eigenvalue weighted by atomic mass is 15.3. The van der Waals surface area contributed by atoms with Crippen molar-refractivity contribution in [1.82, 2.24) is 14.8 Å². The Kier molecular flexibility index (Phi) is 2.93. The van der Waals surface area contributed by atoms with Crippen LogP contribution in [0.5, 0.6) is 0 Å². The molecule has 2 heterocycles.